The normalized spacial score (nSPS) is 12.2. The maximum Gasteiger partial charge on any atom is 0.270 e. The molecule has 0 saturated heterocycles. The molecule has 0 radical (unpaired) electrons. The molecule has 1 aromatic carbocycles. The standard InChI is InChI=1S/C15H13N3O2S/c1-10(12-6-7-21-9-12)16-15-5-2-11-8-13(18(19)20)3-4-14(11)17-15/h2-10H,1H3,(H,16,17). The Morgan fingerprint density at radius 3 is 2.86 bits per heavy atom. The highest BCUT2D eigenvalue weighted by molar-refractivity contribution is 7.07. The molecule has 1 unspecified atom stereocenters. The number of nitro benzene ring substituents is 1. The summed E-state index contributed by atoms with van der Waals surface area (Å²) in [6, 6.07) is 10.6. The highest BCUT2D eigenvalue weighted by Crippen LogP contribution is 2.24. The minimum atomic E-state index is -0.399. The number of pyridine rings is 1. The lowest BCUT2D eigenvalue weighted by atomic mass is 10.1. The second kappa shape index (κ2) is 5.49. The van der Waals surface area contributed by atoms with Gasteiger partial charge in [0.05, 0.1) is 16.5 Å². The van der Waals surface area contributed by atoms with Crippen molar-refractivity contribution in [3.05, 3.63) is 62.8 Å². The van der Waals surface area contributed by atoms with Crippen molar-refractivity contribution in [2.75, 3.05) is 5.32 Å². The second-order valence-electron chi connectivity index (χ2n) is 4.75. The van der Waals surface area contributed by atoms with Crippen molar-refractivity contribution in [2.45, 2.75) is 13.0 Å². The Hall–Kier alpha value is -2.47. The molecule has 2 heterocycles. The number of nitro groups is 1. The smallest absolute Gasteiger partial charge is 0.270 e. The first-order valence-corrected chi connectivity index (χ1v) is 7.41. The van der Waals surface area contributed by atoms with Gasteiger partial charge in [-0.3, -0.25) is 10.1 Å². The van der Waals surface area contributed by atoms with Crippen LogP contribution in [-0.2, 0) is 0 Å². The van der Waals surface area contributed by atoms with Crippen LogP contribution >= 0.6 is 11.3 Å². The molecule has 1 N–H and O–H groups in total. The predicted molar refractivity (Wildman–Crippen MR) is 84.8 cm³/mol. The zero-order chi connectivity index (χ0) is 14.8. The number of nitrogens with zero attached hydrogens (tertiary/aromatic N) is 2. The van der Waals surface area contributed by atoms with Gasteiger partial charge in [0.15, 0.2) is 0 Å². The van der Waals surface area contributed by atoms with Crippen LogP contribution in [0.5, 0.6) is 0 Å². The molecule has 0 saturated carbocycles. The van der Waals surface area contributed by atoms with E-state index in [1.807, 2.05) is 17.5 Å². The van der Waals surface area contributed by atoms with E-state index in [9.17, 15) is 10.1 Å². The number of nitrogens with one attached hydrogen (secondary N) is 1. The largest absolute Gasteiger partial charge is 0.364 e. The third-order valence-corrected chi connectivity index (χ3v) is 3.99. The molecular weight excluding hydrogens is 286 g/mol. The Balaban J connectivity index is 1.87. The molecule has 3 rings (SSSR count). The maximum absolute atomic E-state index is 10.8. The topological polar surface area (TPSA) is 68.1 Å². The van der Waals surface area contributed by atoms with Crippen molar-refractivity contribution in [3.8, 4) is 0 Å². The van der Waals surface area contributed by atoms with Crippen molar-refractivity contribution in [2.24, 2.45) is 0 Å². The molecule has 3 aromatic rings. The molecule has 6 heteroatoms. The average Bonchev–Trinajstić information content (AvgIpc) is 3.01. The summed E-state index contributed by atoms with van der Waals surface area (Å²) in [6.45, 7) is 2.07. The van der Waals surface area contributed by atoms with Gasteiger partial charge < -0.3 is 5.32 Å². The highest BCUT2D eigenvalue weighted by atomic mass is 32.1. The number of anilines is 1. The fraction of sp³-hybridized carbons (Fsp3) is 0.133. The quantitative estimate of drug-likeness (QED) is 0.573. The van der Waals surface area contributed by atoms with E-state index in [4.69, 9.17) is 0 Å². The van der Waals surface area contributed by atoms with Crippen LogP contribution in [0.1, 0.15) is 18.5 Å². The average molecular weight is 299 g/mol. The third-order valence-electron chi connectivity index (χ3n) is 3.29. The lowest BCUT2D eigenvalue weighted by Gasteiger charge is -2.13. The molecule has 106 valence electrons. The van der Waals surface area contributed by atoms with Gasteiger partial charge in [-0.15, -0.1) is 0 Å². The first-order chi connectivity index (χ1) is 10.1. The number of hydrogen-bond donors (Lipinski definition) is 1. The van der Waals surface area contributed by atoms with Crippen LogP contribution in [0.15, 0.2) is 47.2 Å². The van der Waals surface area contributed by atoms with E-state index in [0.717, 1.165) is 16.7 Å². The number of rotatable bonds is 4. The molecule has 0 spiro atoms. The first kappa shape index (κ1) is 13.5. The van der Waals surface area contributed by atoms with Crippen molar-refractivity contribution in [1.29, 1.82) is 0 Å². The minimum absolute atomic E-state index is 0.0802. The van der Waals surface area contributed by atoms with Gasteiger partial charge in [-0.25, -0.2) is 4.98 Å². The monoisotopic (exact) mass is 299 g/mol. The van der Waals surface area contributed by atoms with Crippen LogP contribution in [0.25, 0.3) is 10.9 Å². The Bertz CT molecular complexity index is 787. The molecule has 2 aromatic heterocycles. The number of aromatic nitrogens is 1. The number of benzene rings is 1. The van der Waals surface area contributed by atoms with Gasteiger partial charge in [-0.2, -0.15) is 11.3 Å². The van der Waals surface area contributed by atoms with Crippen LogP contribution in [-0.4, -0.2) is 9.91 Å². The lowest BCUT2D eigenvalue weighted by Crippen LogP contribution is -2.06. The van der Waals surface area contributed by atoms with Gasteiger partial charge in [0.2, 0.25) is 0 Å². The fourth-order valence-corrected chi connectivity index (χ4v) is 2.89. The Morgan fingerprint density at radius 1 is 1.29 bits per heavy atom. The molecule has 1 atom stereocenters. The zero-order valence-electron chi connectivity index (χ0n) is 11.3. The highest BCUT2D eigenvalue weighted by Gasteiger charge is 2.09. The van der Waals surface area contributed by atoms with Crippen LogP contribution in [0, 0.1) is 10.1 Å². The van der Waals surface area contributed by atoms with Crippen molar-refractivity contribution < 1.29 is 4.92 Å². The van der Waals surface area contributed by atoms with Gasteiger partial charge >= 0.3 is 0 Å². The Morgan fingerprint density at radius 2 is 2.14 bits per heavy atom. The first-order valence-electron chi connectivity index (χ1n) is 6.47. The van der Waals surface area contributed by atoms with Crippen molar-refractivity contribution >= 4 is 33.7 Å². The molecule has 0 aliphatic carbocycles. The maximum atomic E-state index is 10.8. The van der Waals surface area contributed by atoms with Crippen molar-refractivity contribution in [3.63, 3.8) is 0 Å². The van der Waals surface area contributed by atoms with Crippen LogP contribution in [0.3, 0.4) is 0 Å². The number of thiophene rings is 1. The van der Waals surface area contributed by atoms with E-state index in [1.54, 1.807) is 17.4 Å². The summed E-state index contributed by atoms with van der Waals surface area (Å²) in [4.78, 5) is 14.9. The molecule has 0 bridgehead atoms. The van der Waals surface area contributed by atoms with Crippen LogP contribution < -0.4 is 5.32 Å². The summed E-state index contributed by atoms with van der Waals surface area (Å²) >= 11 is 1.66. The summed E-state index contributed by atoms with van der Waals surface area (Å²) in [5.74, 6) is 0.759. The van der Waals surface area contributed by atoms with E-state index in [0.29, 0.717) is 0 Å². The minimum Gasteiger partial charge on any atom is -0.364 e. The van der Waals surface area contributed by atoms with E-state index >= 15 is 0 Å². The molecular formula is C15H13N3O2S. The number of fused-ring (bicyclic) bond motifs is 1. The SMILES string of the molecule is CC(Nc1ccc2cc([N+](=O)[O-])ccc2n1)c1ccsc1. The molecule has 5 nitrogen and oxygen atoms in total. The Labute approximate surface area is 125 Å². The van der Waals surface area contributed by atoms with E-state index in [1.165, 1.54) is 17.7 Å². The molecule has 21 heavy (non-hydrogen) atoms. The van der Waals surface area contributed by atoms with E-state index in [2.05, 4.69) is 28.7 Å². The van der Waals surface area contributed by atoms with Gasteiger partial charge in [0.25, 0.3) is 5.69 Å². The number of hydrogen-bond acceptors (Lipinski definition) is 5. The summed E-state index contributed by atoms with van der Waals surface area (Å²) in [5.41, 5.74) is 2.03. The molecule has 0 fully saturated rings. The van der Waals surface area contributed by atoms with Crippen LogP contribution in [0.4, 0.5) is 11.5 Å². The van der Waals surface area contributed by atoms with E-state index < -0.39 is 4.92 Å². The molecule has 0 amide bonds. The summed E-state index contributed by atoms with van der Waals surface area (Å²) in [7, 11) is 0. The summed E-state index contributed by atoms with van der Waals surface area (Å²) in [5, 5.41) is 19.0. The molecule has 0 aliphatic heterocycles. The zero-order valence-corrected chi connectivity index (χ0v) is 12.1. The van der Waals surface area contributed by atoms with Crippen LogP contribution in [0.2, 0.25) is 0 Å². The second-order valence-corrected chi connectivity index (χ2v) is 5.53. The van der Waals surface area contributed by atoms with Crippen molar-refractivity contribution in [1.82, 2.24) is 4.98 Å². The fourth-order valence-electron chi connectivity index (χ4n) is 2.13. The summed E-state index contributed by atoms with van der Waals surface area (Å²) in [6.07, 6.45) is 0. The van der Waals surface area contributed by atoms with Gasteiger partial charge in [0, 0.05) is 17.5 Å². The molecule has 0 aliphatic rings. The van der Waals surface area contributed by atoms with E-state index in [-0.39, 0.29) is 11.7 Å². The van der Waals surface area contributed by atoms with Gasteiger partial charge in [-0.1, -0.05) is 0 Å². The lowest BCUT2D eigenvalue weighted by molar-refractivity contribution is -0.384. The Kier molecular flexibility index (Phi) is 3.53. The predicted octanol–water partition coefficient (Wildman–Crippen LogP) is 4.38. The third kappa shape index (κ3) is 2.85. The van der Waals surface area contributed by atoms with Gasteiger partial charge in [0.1, 0.15) is 5.82 Å². The van der Waals surface area contributed by atoms with Gasteiger partial charge in [-0.05, 0) is 47.5 Å². The summed E-state index contributed by atoms with van der Waals surface area (Å²) < 4.78 is 0. The number of non-ortho nitro benzene ring substituents is 1.